The van der Waals surface area contributed by atoms with Gasteiger partial charge in [-0.1, -0.05) is 59.1 Å². The Kier molecular flexibility index (Phi) is 5.95. The molecule has 2 rings (SSSR count). The van der Waals surface area contributed by atoms with Gasteiger partial charge < -0.3 is 5.32 Å². The molecule has 0 bridgehead atoms. The third kappa shape index (κ3) is 4.37. The molecule has 0 aromatic heterocycles. The van der Waals surface area contributed by atoms with Gasteiger partial charge in [0.15, 0.2) is 0 Å². The van der Waals surface area contributed by atoms with E-state index in [-0.39, 0.29) is 0 Å². The van der Waals surface area contributed by atoms with Crippen molar-refractivity contribution in [1.82, 2.24) is 5.32 Å². The largest absolute Gasteiger partial charge is 0.310 e. The van der Waals surface area contributed by atoms with Crippen LogP contribution in [0.5, 0.6) is 0 Å². The van der Waals surface area contributed by atoms with Crippen molar-refractivity contribution >= 4 is 34.8 Å². The average molecular weight is 343 g/mol. The summed E-state index contributed by atoms with van der Waals surface area (Å²) in [4.78, 5) is 0. The monoisotopic (exact) mass is 341 g/mol. The van der Waals surface area contributed by atoms with E-state index in [4.69, 9.17) is 34.8 Å². The minimum Gasteiger partial charge on any atom is -0.310 e. The molecule has 21 heavy (non-hydrogen) atoms. The summed E-state index contributed by atoms with van der Waals surface area (Å²) in [7, 11) is 0. The lowest BCUT2D eigenvalue weighted by Crippen LogP contribution is -2.28. The van der Waals surface area contributed by atoms with Gasteiger partial charge in [0.25, 0.3) is 0 Å². The molecule has 4 heteroatoms. The average Bonchev–Trinajstić information content (AvgIpc) is 2.45. The Morgan fingerprint density at radius 1 is 1.00 bits per heavy atom. The number of aryl methyl sites for hydroxylation is 1. The van der Waals surface area contributed by atoms with E-state index in [2.05, 4.69) is 43.4 Å². The summed E-state index contributed by atoms with van der Waals surface area (Å²) in [6.07, 6.45) is 0.961. The van der Waals surface area contributed by atoms with Gasteiger partial charge in [-0.2, -0.15) is 0 Å². The summed E-state index contributed by atoms with van der Waals surface area (Å²) in [5, 5.41) is 5.15. The molecule has 0 fully saturated rings. The molecule has 0 heterocycles. The van der Waals surface area contributed by atoms with Crippen LogP contribution in [-0.2, 0) is 13.0 Å². The molecular weight excluding hydrogens is 325 g/mol. The second-order valence-corrected chi connectivity index (χ2v) is 6.43. The first kappa shape index (κ1) is 16.6. The van der Waals surface area contributed by atoms with Gasteiger partial charge in [-0.15, -0.1) is 0 Å². The van der Waals surface area contributed by atoms with Crippen LogP contribution in [0.25, 0.3) is 0 Å². The van der Waals surface area contributed by atoms with E-state index in [9.17, 15) is 0 Å². The minimum atomic E-state index is 0.317. The van der Waals surface area contributed by atoms with Crippen LogP contribution < -0.4 is 5.32 Å². The van der Waals surface area contributed by atoms with Crippen LogP contribution in [0.1, 0.15) is 23.6 Å². The van der Waals surface area contributed by atoms with Crippen LogP contribution in [-0.4, -0.2) is 6.04 Å². The fraction of sp³-hybridized carbons (Fsp3) is 0.294. The van der Waals surface area contributed by atoms with Crippen LogP contribution >= 0.6 is 34.8 Å². The molecule has 112 valence electrons. The Labute approximate surface area is 141 Å². The highest BCUT2D eigenvalue weighted by Gasteiger charge is 2.11. The maximum absolute atomic E-state index is 6.21. The zero-order valence-corrected chi connectivity index (χ0v) is 14.4. The Hall–Kier alpha value is -0.730. The van der Waals surface area contributed by atoms with Crippen LogP contribution in [0, 0.1) is 6.92 Å². The van der Waals surface area contributed by atoms with Gasteiger partial charge in [0, 0.05) is 23.2 Å². The van der Waals surface area contributed by atoms with Gasteiger partial charge in [-0.05, 0) is 43.5 Å². The van der Waals surface area contributed by atoms with Gasteiger partial charge in [0.1, 0.15) is 0 Å². The van der Waals surface area contributed by atoms with Crippen LogP contribution in [0.3, 0.4) is 0 Å². The quantitative estimate of drug-likeness (QED) is 0.690. The normalized spacial score (nSPS) is 12.4. The number of halogens is 3. The molecule has 0 aliphatic carbocycles. The van der Waals surface area contributed by atoms with Crippen molar-refractivity contribution < 1.29 is 0 Å². The summed E-state index contributed by atoms with van der Waals surface area (Å²) in [5.74, 6) is 0. The van der Waals surface area contributed by atoms with E-state index in [1.165, 1.54) is 11.1 Å². The molecule has 2 aromatic rings. The predicted molar refractivity (Wildman–Crippen MR) is 92.7 cm³/mol. The first-order valence-electron chi connectivity index (χ1n) is 6.89. The zero-order valence-electron chi connectivity index (χ0n) is 12.1. The van der Waals surface area contributed by atoms with Crippen molar-refractivity contribution in [2.75, 3.05) is 0 Å². The lowest BCUT2D eigenvalue weighted by molar-refractivity contribution is 0.544. The molecule has 0 saturated heterocycles. The van der Waals surface area contributed by atoms with Gasteiger partial charge >= 0.3 is 0 Å². The van der Waals surface area contributed by atoms with Crippen molar-refractivity contribution in [3.8, 4) is 0 Å². The SMILES string of the molecule is Cc1ccccc1CC(C)NCc1c(Cl)ccc(Cl)c1Cl. The minimum absolute atomic E-state index is 0.317. The van der Waals surface area contributed by atoms with Crippen LogP contribution in [0.2, 0.25) is 15.1 Å². The first-order chi connectivity index (χ1) is 9.99. The fourth-order valence-corrected chi connectivity index (χ4v) is 2.93. The van der Waals surface area contributed by atoms with Gasteiger partial charge in [-0.3, -0.25) is 0 Å². The molecule has 1 nitrogen and oxygen atoms in total. The molecule has 1 N–H and O–H groups in total. The van der Waals surface area contributed by atoms with E-state index < -0.39 is 0 Å². The molecule has 1 atom stereocenters. The number of nitrogens with one attached hydrogen (secondary N) is 1. The van der Waals surface area contributed by atoms with Crippen molar-refractivity contribution in [3.05, 3.63) is 68.2 Å². The molecule has 0 aliphatic rings. The highest BCUT2D eigenvalue weighted by atomic mass is 35.5. The summed E-state index contributed by atoms with van der Waals surface area (Å²) < 4.78 is 0. The molecule has 0 aliphatic heterocycles. The lowest BCUT2D eigenvalue weighted by Gasteiger charge is -2.17. The number of hydrogen-bond acceptors (Lipinski definition) is 1. The first-order valence-corrected chi connectivity index (χ1v) is 8.02. The van der Waals surface area contributed by atoms with E-state index in [1.54, 1.807) is 12.1 Å². The summed E-state index contributed by atoms with van der Waals surface area (Å²) in [6.45, 7) is 4.89. The second kappa shape index (κ2) is 7.51. The number of rotatable bonds is 5. The highest BCUT2D eigenvalue weighted by Crippen LogP contribution is 2.31. The third-order valence-electron chi connectivity index (χ3n) is 3.55. The predicted octanol–water partition coefficient (Wildman–Crippen LogP) is 5.68. The Bertz CT molecular complexity index is 625. The zero-order chi connectivity index (χ0) is 15.4. The van der Waals surface area contributed by atoms with E-state index >= 15 is 0 Å². The molecular formula is C17H18Cl3N. The fourth-order valence-electron chi connectivity index (χ4n) is 2.25. The van der Waals surface area contributed by atoms with Crippen LogP contribution in [0.4, 0.5) is 0 Å². The van der Waals surface area contributed by atoms with E-state index in [1.807, 2.05) is 0 Å². The maximum Gasteiger partial charge on any atom is 0.0652 e. The Balaban J connectivity index is 2.00. The van der Waals surface area contributed by atoms with Gasteiger partial charge in [0.2, 0.25) is 0 Å². The van der Waals surface area contributed by atoms with Gasteiger partial charge in [-0.25, -0.2) is 0 Å². The molecule has 1 unspecified atom stereocenters. The molecule has 0 saturated carbocycles. The number of hydrogen-bond donors (Lipinski definition) is 1. The van der Waals surface area contributed by atoms with E-state index in [0.717, 1.165) is 12.0 Å². The topological polar surface area (TPSA) is 12.0 Å². The van der Waals surface area contributed by atoms with Crippen LogP contribution in [0.15, 0.2) is 36.4 Å². The van der Waals surface area contributed by atoms with E-state index in [0.29, 0.717) is 27.7 Å². The van der Waals surface area contributed by atoms with Crippen molar-refractivity contribution in [1.29, 1.82) is 0 Å². The molecule has 0 radical (unpaired) electrons. The molecule has 0 amide bonds. The maximum atomic E-state index is 6.21. The number of benzene rings is 2. The summed E-state index contributed by atoms with van der Waals surface area (Å²) in [6, 6.07) is 12.2. The molecule has 0 spiro atoms. The summed E-state index contributed by atoms with van der Waals surface area (Å²) in [5.41, 5.74) is 3.51. The Morgan fingerprint density at radius 3 is 2.38 bits per heavy atom. The van der Waals surface area contributed by atoms with Crippen molar-refractivity contribution in [2.24, 2.45) is 0 Å². The third-order valence-corrected chi connectivity index (χ3v) is 4.75. The highest BCUT2D eigenvalue weighted by molar-refractivity contribution is 6.44. The smallest absolute Gasteiger partial charge is 0.0652 e. The Morgan fingerprint density at radius 2 is 1.67 bits per heavy atom. The van der Waals surface area contributed by atoms with Crippen molar-refractivity contribution in [3.63, 3.8) is 0 Å². The van der Waals surface area contributed by atoms with Gasteiger partial charge in [0.05, 0.1) is 10.0 Å². The second-order valence-electron chi connectivity index (χ2n) is 5.23. The lowest BCUT2D eigenvalue weighted by atomic mass is 10.0. The molecule has 2 aromatic carbocycles. The summed E-state index contributed by atoms with van der Waals surface area (Å²) >= 11 is 18.4. The van der Waals surface area contributed by atoms with Crippen molar-refractivity contribution in [2.45, 2.75) is 32.9 Å². The standard InChI is InChI=1S/C17H18Cl3N/c1-11-5-3-4-6-13(11)9-12(2)21-10-14-15(18)7-8-16(19)17(14)20/h3-8,12,21H,9-10H2,1-2H3.